The van der Waals surface area contributed by atoms with Gasteiger partial charge in [-0.1, -0.05) is 29.8 Å². The van der Waals surface area contributed by atoms with E-state index < -0.39 is 11.7 Å². The number of nitrogens with zero attached hydrogens (tertiary/aromatic N) is 4. The Hall–Kier alpha value is -4.44. The van der Waals surface area contributed by atoms with Crippen molar-refractivity contribution in [1.29, 1.82) is 0 Å². The number of carbonyl (C=O) groups excluding carboxylic acids is 1. The van der Waals surface area contributed by atoms with Crippen molar-refractivity contribution in [3.63, 3.8) is 0 Å². The molecular formula is C33H31ClF3N5O2. The summed E-state index contributed by atoms with van der Waals surface area (Å²) < 4.78 is 46.6. The number of carbonyl (C=O) groups is 1. The van der Waals surface area contributed by atoms with Crippen molar-refractivity contribution >= 4 is 34.7 Å². The molecule has 228 valence electrons. The van der Waals surface area contributed by atoms with Crippen molar-refractivity contribution in [2.24, 2.45) is 0 Å². The van der Waals surface area contributed by atoms with Gasteiger partial charge in [-0.25, -0.2) is 4.98 Å². The number of anilines is 3. The Balaban J connectivity index is 1.20. The Kier molecular flexibility index (Phi) is 8.27. The second kappa shape index (κ2) is 12.3. The maximum absolute atomic E-state index is 13.8. The molecule has 0 aliphatic carbocycles. The number of amides is 1. The van der Waals surface area contributed by atoms with E-state index in [4.69, 9.17) is 16.3 Å². The maximum atomic E-state index is 13.8. The van der Waals surface area contributed by atoms with Crippen molar-refractivity contribution < 1.29 is 22.7 Å². The number of piperazine rings is 1. The number of nitrogens with one attached hydrogen (secondary N) is 1. The van der Waals surface area contributed by atoms with Crippen LogP contribution in [0, 0.1) is 0 Å². The van der Waals surface area contributed by atoms with Gasteiger partial charge in [0.25, 0.3) is 5.91 Å². The number of alkyl halides is 3. The van der Waals surface area contributed by atoms with Crippen LogP contribution >= 0.6 is 11.6 Å². The van der Waals surface area contributed by atoms with Gasteiger partial charge >= 0.3 is 6.18 Å². The van der Waals surface area contributed by atoms with Gasteiger partial charge in [0, 0.05) is 79.9 Å². The van der Waals surface area contributed by atoms with Crippen LogP contribution in [-0.4, -0.2) is 62.2 Å². The summed E-state index contributed by atoms with van der Waals surface area (Å²) in [6.07, 6.45) is -2.78. The number of methoxy groups -OCH3 is 1. The Labute approximate surface area is 258 Å². The van der Waals surface area contributed by atoms with Crippen LogP contribution in [0.15, 0.2) is 79.0 Å². The van der Waals surface area contributed by atoms with E-state index in [1.165, 1.54) is 12.1 Å². The number of pyridine rings is 1. The van der Waals surface area contributed by atoms with Crippen molar-refractivity contribution in [2.75, 3.05) is 61.5 Å². The largest absolute Gasteiger partial charge is 0.497 e. The number of fused-ring (bicyclic) bond motifs is 1. The average Bonchev–Trinajstić information content (AvgIpc) is 3.04. The van der Waals surface area contributed by atoms with Gasteiger partial charge in [0.2, 0.25) is 0 Å². The van der Waals surface area contributed by atoms with Crippen LogP contribution in [0.25, 0.3) is 11.1 Å². The first kappa shape index (κ1) is 29.6. The van der Waals surface area contributed by atoms with E-state index in [1.54, 1.807) is 19.4 Å². The molecule has 1 fully saturated rings. The molecule has 1 amide bonds. The minimum absolute atomic E-state index is 0.0233. The summed E-state index contributed by atoms with van der Waals surface area (Å²) in [6.45, 7) is 3.64. The van der Waals surface area contributed by atoms with E-state index in [1.807, 2.05) is 58.3 Å². The van der Waals surface area contributed by atoms with E-state index in [0.29, 0.717) is 56.3 Å². The molecule has 2 aliphatic rings. The molecule has 7 nitrogen and oxygen atoms in total. The lowest BCUT2D eigenvalue weighted by Gasteiger charge is -2.36. The first-order chi connectivity index (χ1) is 21.2. The van der Waals surface area contributed by atoms with Crippen molar-refractivity contribution in [1.82, 2.24) is 9.88 Å². The molecule has 0 spiro atoms. The molecule has 11 heteroatoms. The van der Waals surface area contributed by atoms with Crippen LogP contribution in [-0.2, 0) is 12.7 Å². The quantitative estimate of drug-likeness (QED) is 0.255. The molecule has 2 aliphatic heterocycles. The van der Waals surface area contributed by atoms with Gasteiger partial charge in [-0.3, -0.25) is 4.79 Å². The molecule has 44 heavy (non-hydrogen) atoms. The molecule has 0 radical (unpaired) electrons. The summed E-state index contributed by atoms with van der Waals surface area (Å²) in [6, 6.07) is 20.8. The highest BCUT2D eigenvalue weighted by atomic mass is 35.5. The standard InChI is InChI=1S/C33H31ClF3N5O2/c1-44-28-7-3-6-27(19-28)40-12-14-41(15-13-40)32(43)23-5-2-4-22(16-23)24-18-30-31(39-20-24)38-10-11-42(30)21-25-17-26(34)8-9-29(25)33(35,36)37/h2-9,16-20H,10-15,21H2,1H3,(H,38,39). The topological polar surface area (TPSA) is 60.9 Å². The number of aromatic nitrogens is 1. The van der Waals surface area contributed by atoms with Crippen LogP contribution in [0.3, 0.4) is 0 Å². The van der Waals surface area contributed by atoms with E-state index in [0.717, 1.165) is 28.6 Å². The Morgan fingerprint density at radius 2 is 1.75 bits per heavy atom. The summed E-state index contributed by atoms with van der Waals surface area (Å²) in [5, 5.41) is 3.48. The van der Waals surface area contributed by atoms with Gasteiger partial charge in [-0.15, -0.1) is 0 Å². The zero-order chi connectivity index (χ0) is 30.8. The van der Waals surface area contributed by atoms with E-state index in [2.05, 4.69) is 15.2 Å². The molecule has 1 aromatic heterocycles. The fourth-order valence-electron chi connectivity index (χ4n) is 5.75. The van der Waals surface area contributed by atoms with Crippen molar-refractivity contribution in [2.45, 2.75) is 12.7 Å². The minimum Gasteiger partial charge on any atom is -0.497 e. The van der Waals surface area contributed by atoms with E-state index in [-0.39, 0.29) is 23.0 Å². The average molecular weight is 622 g/mol. The highest BCUT2D eigenvalue weighted by molar-refractivity contribution is 6.30. The van der Waals surface area contributed by atoms with Crippen molar-refractivity contribution in [3.8, 4) is 16.9 Å². The fourth-order valence-corrected chi connectivity index (χ4v) is 5.94. The molecule has 3 heterocycles. The predicted molar refractivity (Wildman–Crippen MR) is 167 cm³/mol. The van der Waals surface area contributed by atoms with Crippen molar-refractivity contribution in [3.05, 3.63) is 101 Å². The van der Waals surface area contributed by atoms with Crippen LogP contribution < -0.4 is 19.9 Å². The smallest absolute Gasteiger partial charge is 0.416 e. The summed E-state index contributed by atoms with van der Waals surface area (Å²) in [5.41, 5.74) is 3.27. The molecule has 1 N–H and O–H groups in total. The molecule has 0 saturated carbocycles. The van der Waals surface area contributed by atoms with Crippen LogP contribution in [0.1, 0.15) is 21.5 Å². The third kappa shape index (κ3) is 6.26. The first-order valence-electron chi connectivity index (χ1n) is 14.3. The van der Waals surface area contributed by atoms with Crippen LogP contribution in [0.2, 0.25) is 5.02 Å². The molecule has 3 aromatic carbocycles. The minimum atomic E-state index is -4.49. The highest BCUT2D eigenvalue weighted by Gasteiger charge is 2.34. The maximum Gasteiger partial charge on any atom is 0.416 e. The zero-order valence-corrected chi connectivity index (χ0v) is 24.8. The lowest BCUT2D eigenvalue weighted by atomic mass is 10.0. The molecule has 0 bridgehead atoms. The molecule has 0 atom stereocenters. The molecule has 6 rings (SSSR count). The van der Waals surface area contributed by atoms with Crippen LogP contribution in [0.5, 0.6) is 5.75 Å². The fraction of sp³-hybridized carbons (Fsp3) is 0.273. The lowest BCUT2D eigenvalue weighted by Crippen LogP contribution is -2.48. The van der Waals surface area contributed by atoms with Gasteiger partial charge in [-0.2, -0.15) is 13.2 Å². The summed E-state index contributed by atoms with van der Waals surface area (Å²) >= 11 is 6.08. The van der Waals surface area contributed by atoms with Gasteiger partial charge in [0.1, 0.15) is 11.6 Å². The Morgan fingerprint density at radius 1 is 0.955 bits per heavy atom. The van der Waals surface area contributed by atoms with E-state index >= 15 is 0 Å². The number of ether oxygens (including phenoxy) is 1. The molecule has 4 aromatic rings. The molecule has 0 unspecified atom stereocenters. The number of hydrogen-bond donors (Lipinski definition) is 1. The second-order valence-corrected chi connectivity index (χ2v) is 11.2. The lowest BCUT2D eigenvalue weighted by molar-refractivity contribution is -0.138. The molecular weight excluding hydrogens is 591 g/mol. The molecule has 1 saturated heterocycles. The normalized spacial score (nSPS) is 15.1. The van der Waals surface area contributed by atoms with Gasteiger partial charge in [-0.05, 0) is 59.7 Å². The third-order valence-electron chi connectivity index (χ3n) is 8.04. The number of rotatable bonds is 6. The summed E-state index contributed by atoms with van der Waals surface area (Å²) in [5.74, 6) is 1.34. The van der Waals surface area contributed by atoms with Gasteiger partial charge in [0.05, 0.1) is 18.4 Å². The second-order valence-electron chi connectivity index (χ2n) is 10.8. The summed E-state index contributed by atoms with van der Waals surface area (Å²) in [4.78, 5) is 24.1. The number of hydrogen-bond acceptors (Lipinski definition) is 6. The predicted octanol–water partition coefficient (Wildman–Crippen LogP) is 6.82. The third-order valence-corrected chi connectivity index (χ3v) is 8.28. The first-order valence-corrected chi connectivity index (χ1v) is 14.7. The Bertz CT molecular complexity index is 1670. The SMILES string of the molecule is COc1cccc(N2CCN(C(=O)c3cccc(-c4cnc5c(c4)N(Cc4cc(Cl)ccc4C(F)(F)F)CCN5)c3)CC2)c1. The van der Waals surface area contributed by atoms with E-state index in [9.17, 15) is 18.0 Å². The number of halogens is 4. The monoisotopic (exact) mass is 621 g/mol. The summed E-state index contributed by atoms with van der Waals surface area (Å²) in [7, 11) is 1.64. The van der Waals surface area contributed by atoms with Gasteiger partial charge < -0.3 is 24.8 Å². The highest BCUT2D eigenvalue weighted by Crippen LogP contribution is 2.37. The van der Waals surface area contributed by atoms with Crippen LogP contribution in [0.4, 0.5) is 30.4 Å². The Morgan fingerprint density at radius 3 is 2.52 bits per heavy atom. The number of benzene rings is 3. The van der Waals surface area contributed by atoms with Gasteiger partial charge in [0.15, 0.2) is 0 Å². The zero-order valence-electron chi connectivity index (χ0n) is 24.1.